The molecular formula is C9H10N2S2. The average Bonchev–Trinajstić information content (AvgIpc) is 2.58. The minimum atomic E-state index is 0.980. The Morgan fingerprint density at radius 2 is 2.31 bits per heavy atom. The van der Waals surface area contributed by atoms with Crippen molar-refractivity contribution < 1.29 is 0 Å². The first kappa shape index (κ1) is 8.84. The molecular weight excluding hydrogens is 200 g/mol. The number of hydrogen-bond acceptors (Lipinski definition) is 4. The van der Waals surface area contributed by atoms with Crippen LogP contribution in [0.15, 0.2) is 23.1 Å². The molecule has 0 bridgehead atoms. The fraction of sp³-hybridized carbons (Fsp3) is 0.222. The molecule has 2 aromatic rings. The lowest BCUT2D eigenvalue weighted by atomic mass is 10.3. The largest absolute Gasteiger partial charge is 0.365 e. The molecule has 1 aromatic heterocycles. The molecule has 1 N–H and O–H groups in total. The van der Waals surface area contributed by atoms with Gasteiger partial charge in [-0.25, -0.2) is 4.98 Å². The van der Waals surface area contributed by atoms with Crippen LogP contribution in [0.5, 0.6) is 0 Å². The molecule has 0 atom stereocenters. The van der Waals surface area contributed by atoms with Gasteiger partial charge in [-0.2, -0.15) is 0 Å². The highest BCUT2D eigenvalue weighted by Gasteiger charge is 2.02. The predicted molar refractivity (Wildman–Crippen MR) is 60.9 cm³/mol. The summed E-state index contributed by atoms with van der Waals surface area (Å²) in [5.41, 5.74) is 1.08. The Morgan fingerprint density at radius 3 is 3.00 bits per heavy atom. The fourth-order valence-electron chi connectivity index (χ4n) is 1.14. The minimum absolute atomic E-state index is 0.980. The molecule has 13 heavy (non-hydrogen) atoms. The van der Waals surface area contributed by atoms with Gasteiger partial charge >= 0.3 is 0 Å². The van der Waals surface area contributed by atoms with E-state index in [1.807, 2.05) is 7.05 Å². The van der Waals surface area contributed by atoms with Gasteiger partial charge in [-0.1, -0.05) is 11.3 Å². The van der Waals surface area contributed by atoms with Crippen molar-refractivity contribution in [3.63, 3.8) is 0 Å². The summed E-state index contributed by atoms with van der Waals surface area (Å²) in [6.07, 6.45) is 2.08. The quantitative estimate of drug-likeness (QED) is 0.771. The van der Waals surface area contributed by atoms with Crippen molar-refractivity contribution in [2.45, 2.75) is 4.90 Å². The lowest BCUT2D eigenvalue weighted by molar-refractivity contribution is 1.40. The molecule has 0 radical (unpaired) electrons. The number of aromatic nitrogens is 1. The van der Waals surface area contributed by atoms with Gasteiger partial charge in [0.25, 0.3) is 0 Å². The summed E-state index contributed by atoms with van der Waals surface area (Å²) in [5.74, 6) is 0. The third kappa shape index (κ3) is 1.64. The molecule has 68 valence electrons. The van der Waals surface area contributed by atoms with Gasteiger partial charge < -0.3 is 5.32 Å². The van der Waals surface area contributed by atoms with Crippen LogP contribution in [0.2, 0.25) is 0 Å². The van der Waals surface area contributed by atoms with Crippen molar-refractivity contribution in [3.05, 3.63) is 18.2 Å². The Bertz CT molecular complexity index is 420. The molecule has 0 amide bonds. The van der Waals surface area contributed by atoms with Crippen molar-refractivity contribution in [2.24, 2.45) is 0 Å². The maximum atomic E-state index is 4.40. The van der Waals surface area contributed by atoms with E-state index in [4.69, 9.17) is 0 Å². The van der Waals surface area contributed by atoms with E-state index in [9.17, 15) is 0 Å². The van der Waals surface area contributed by atoms with Crippen LogP contribution < -0.4 is 5.32 Å². The molecule has 2 rings (SSSR count). The molecule has 0 aliphatic heterocycles. The van der Waals surface area contributed by atoms with Crippen LogP contribution in [-0.4, -0.2) is 18.3 Å². The van der Waals surface area contributed by atoms with Gasteiger partial charge in [0.1, 0.15) is 0 Å². The zero-order valence-corrected chi connectivity index (χ0v) is 9.13. The van der Waals surface area contributed by atoms with Crippen molar-refractivity contribution in [2.75, 3.05) is 18.6 Å². The summed E-state index contributed by atoms with van der Waals surface area (Å²) in [6.45, 7) is 0. The average molecular weight is 210 g/mol. The Labute approximate surface area is 85.4 Å². The van der Waals surface area contributed by atoms with E-state index >= 15 is 0 Å². The van der Waals surface area contributed by atoms with E-state index in [-0.39, 0.29) is 0 Å². The van der Waals surface area contributed by atoms with Crippen LogP contribution in [0.3, 0.4) is 0 Å². The van der Waals surface area contributed by atoms with E-state index in [1.165, 1.54) is 9.60 Å². The van der Waals surface area contributed by atoms with E-state index in [2.05, 4.69) is 34.8 Å². The summed E-state index contributed by atoms with van der Waals surface area (Å²) in [4.78, 5) is 5.70. The molecule has 0 aliphatic carbocycles. The SMILES string of the molecule is CNc1nc2ccc(SC)cc2s1. The summed E-state index contributed by atoms with van der Waals surface area (Å²) in [6, 6.07) is 6.35. The molecule has 0 unspecified atom stereocenters. The Hall–Kier alpha value is -0.740. The predicted octanol–water partition coefficient (Wildman–Crippen LogP) is 3.06. The van der Waals surface area contributed by atoms with Crippen molar-refractivity contribution >= 4 is 38.4 Å². The monoisotopic (exact) mass is 210 g/mol. The first-order valence-corrected chi connectivity index (χ1v) is 6.00. The van der Waals surface area contributed by atoms with Gasteiger partial charge in [-0.05, 0) is 24.5 Å². The van der Waals surface area contributed by atoms with Gasteiger partial charge in [-0.3, -0.25) is 0 Å². The smallest absolute Gasteiger partial charge is 0.183 e. The number of benzene rings is 1. The Morgan fingerprint density at radius 1 is 1.46 bits per heavy atom. The lowest BCUT2D eigenvalue weighted by Gasteiger charge is -1.92. The molecule has 1 heterocycles. The van der Waals surface area contributed by atoms with Crippen LogP contribution in [0.25, 0.3) is 10.2 Å². The zero-order chi connectivity index (χ0) is 9.26. The van der Waals surface area contributed by atoms with Crippen LogP contribution >= 0.6 is 23.1 Å². The maximum Gasteiger partial charge on any atom is 0.183 e. The Balaban J connectivity index is 2.57. The molecule has 0 fully saturated rings. The van der Waals surface area contributed by atoms with Crippen LogP contribution in [0.1, 0.15) is 0 Å². The van der Waals surface area contributed by atoms with Crippen molar-refractivity contribution in [1.29, 1.82) is 0 Å². The highest BCUT2D eigenvalue weighted by Crippen LogP contribution is 2.28. The van der Waals surface area contributed by atoms with Crippen LogP contribution in [-0.2, 0) is 0 Å². The van der Waals surface area contributed by atoms with Crippen molar-refractivity contribution in [1.82, 2.24) is 4.98 Å². The van der Waals surface area contributed by atoms with Crippen LogP contribution in [0.4, 0.5) is 5.13 Å². The summed E-state index contributed by atoms with van der Waals surface area (Å²) in [7, 11) is 1.90. The third-order valence-electron chi connectivity index (χ3n) is 1.81. The molecule has 1 aromatic carbocycles. The number of thioether (sulfide) groups is 1. The van der Waals surface area contributed by atoms with E-state index in [0.29, 0.717) is 0 Å². The number of nitrogens with one attached hydrogen (secondary N) is 1. The molecule has 0 saturated heterocycles. The minimum Gasteiger partial charge on any atom is -0.365 e. The summed E-state index contributed by atoms with van der Waals surface area (Å²) < 4.78 is 1.25. The van der Waals surface area contributed by atoms with Gasteiger partial charge in [0.2, 0.25) is 0 Å². The van der Waals surface area contributed by atoms with Gasteiger partial charge in [-0.15, -0.1) is 11.8 Å². The number of anilines is 1. The second kappa shape index (κ2) is 3.55. The molecule has 0 spiro atoms. The standard InChI is InChI=1S/C9H10N2S2/c1-10-9-11-7-4-3-6(12-2)5-8(7)13-9/h3-5H,1-2H3,(H,10,11). The fourth-order valence-corrected chi connectivity index (χ4v) is 2.51. The zero-order valence-electron chi connectivity index (χ0n) is 7.50. The van der Waals surface area contributed by atoms with E-state index < -0.39 is 0 Å². The topological polar surface area (TPSA) is 24.9 Å². The molecule has 0 aliphatic rings. The Kier molecular flexibility index (Phi) is 2.42. The summed E-state index contributed by atoms with van der Waals surface area (Å²) >= 11 is 3.45. The van der Waals surface area contributed by atoms with Crippen molar-refractivity contribution in [3.8, 4) is 0 Å². The molecule has 0 saturated carbocycles. The highest BCUT2D eigenvalue weighted by atomic mass is 32.2. The van der Waals surface area contributed by atoms with E-state index in [1.54, 1.807) is 23.1 Å². The van der Waals surface area contributed by atoms with Crippen LogP contribution in [0, 0.1) is 0 Å². The second-order valence-corrected chi connectivity index (χ2v) is 4.51. The lowest BCUT2D eigenvalue weighted by Crippen LogP contribution is -1.83. The number of fused-ring (bicyclic) bond motifs is 1. The third-order valence-corrected chi connectivity index (χ3v) is 3.57. The van der Waals surface area contributed by atoms with Gasteiger partial charge in [0, 0.05) is 11.9 Å². The van der Waals surface area contributed by atoms with Gasteiger partial charge in [0.15, 0.2) is 5.13 Å². The first-order valence-electron chi connectivity index (χ1n) is 3.96. The number of hydrogen-bond donors (Lipinski definition) is 1. The first-order chi connectivity index (χ1) is 6.33. The maximum absolute atomic E-state index is 4.40. The molecule has 2 nitrogen and oxygen atoms in total. The van der Waals surface area contributed by atoms with Gasteiger partial charge in [0.05, 0.1) is 10.2 Å². The summed E-state index contributed by atoms with van der Waals surface area (Å²) in [5, 5.41) is 4.03. The number of nitrogens with zero attached hydrogens (tertiary/aromatic N) is 1. The molecule has 4 heteroatoms. The highest BCUT2D eigenvalue weighted by molar-refractivity contribution is 7.98. The normalized spacial score (nSPS) is 10.6. The van der Waals surface area contributed by atoms with E-state index in [0.717, 1.165) is 10.6 Å². The second-order valence-electron chi connectivity index (χ2n) is 2.60. The number of thiazole rings is 1. The number of rotatable bonds is 2.